The van der Waals surface area contributed by atoms with Gasteiger partial charge in [0.25, 0.3) is 0 Å². The molecule has 3 N–H and O–H groups in total. The summed E-state index contributed by atoms with van der Waals surface area (Å²) in [7, 11) is 0. The van der Waals surface area contributed by atoms with Crippen LogP contribution in [0.25, 0.3) is 0 Å². The van der Waals surface area contributed by atoms with Crippen LogP contribution in [-0.2, 0) is 6.54 Å². The summed E-state index contributed by atoms with van der Waals surface area (Å²) in [5.74, 6) is 0.621. The van der Waals surface area contributed by atoms with Gasteiger partial charge in [-0.2, -0.15) is 0 Å². The average Bonchev–Trinajstić information content (AvgIpc) is 2.68. The second kappa shape index (κ2) is 5.47. The molecule has 94 valence electrons. The molecule has 2 atom stereocenters. The van der Waals surface area contributed by atoms with Gasteiger partial charge in [-0.05, 0) is 38.8 Å². The van der Waals surface area contributed by atoms with Crippen molar-refractivity contribution in [3.05, 3.63) is 23.9 Å². The molecule has 2 unspecified atom stereocenters. The van der Waals surface area contributed by atoms with E-state index in [0.29, 0.717) is 11.9 Å². The summed E-state index contributed by atoms with van der Waals surface area (Å²) in [6.07, 6.45) is 4.71. The number of anilines is 1. The van der Waals surface area contributed by atoms with Gasteiger partial charge in [-0.3, -0.25) is 4.90 Å². The molecule has 4 heteroatoms. The maximum absolute atomic E-state index is 9.49. The Labute approximate surface area is 102 Å². The molecule has 0 amide bonds. The maximum Gasteiger partial charge on any atom is 0.127 e. The monoisotopic (exact) mass is 235 g/mol. The molecule has 0 spiro atoms. The fourth-order valence-electron chi connectivity index (χ4n) is 2.57. The molecule has 4 nitrogen and oxygen atoms in total. The molecule has 0 saturated carbocycles. The van der Waals surface area contributed by atoms with E-state index in [9.17, 15) is 5.11 Å². The van der Waals surface area contributed by atoms with Crippen molar-refractivity contribution in [3.8, 4) is 0 Å². The number of hydrogen-bond donors (Lipinski definition) is 2. The highest BCUT2D eigenvalue weighted by molar-refractivity contribution is 5.38. The Kier molecular flexibility index (Phi) is 3.97. The van der Waals surface area contributed by atoms with Crippen LogP contribution in [0.15, 0.2) is 18.3 Å². The zero-order valence-corrected chi connectivity index (χ0v) is 10.3. The number of rotatable bonds is 4. The van der Waals surface area contributed by atoms with Crippen LogP contribution in [0.2, 0.25) is 0 Å². The zero-order chi connectivity index (χ0) is 12.3. The quantitative estimate of drug-likeness (QED) is 0.828. The third kappa shape index (κ3) is 3.17. The number of hydrogen-bond acceptors (Lipinski definition) is 4. The molecule has 1 saturated heterocycles. The van der Waals surface area contributed by atoms with Crippen molar-refractivity contribution in [2.24, 2.45) is 0 Å². The van der Waals surface area contributed by atoms with Crippen molar-refractivity contribution in [1.29, 1.82) is 0 Å². The summed E-state index contributed by atoms with van der Waals surface area (Å²) in [6.45, 7) is 3.79. The molecule has 17 heavy (non-hydrogen) atoms. The first-order valence-corrected chi connectivity index (χ1v) is 6.28. The molecule has 1 aliphatic rings. The SMILES string of the molecule is CC(O)CC1CCCN1Cc1cccnc1N. The van der Waals surface area contributed by atoms with E-state index >= 15 is 0 Å². The number of nitrogens with zero attached hydrogens (tertiary/aromatic N) is 2. The number of aromatic nitrogens is 1. The van der Waals surface area contributed by atoms with Crippen LogP contribution in [0.5, 0.6) is 0 Å². The number of nitrogens with two attached hydrogens (primary N) is 1. The largest absolute Gasteiger partial charge is 0.393 e. The summed E-state index contributed by atoms with van der Waals surface area (Å²) >= 11 is 0. The lowest BCUT2D eigenvalue weighted by Crippen LogP contribution is -2.31. The van der Waals surface area contributed by atoms with Crippen LogP contribution >= 0.6 is 0 Å². The molecule has 1 fully saturated rings. The van der Waals surface area contributed by atoms with Gasteiger partial charge >= 0.3 is 0 Å². The number of pyridine rings is 1. The minimum Gasteiger partial charge on any atom is -0.393 e. The number of nitrogen functional groups attached to an aromatic ring is 1. The van der Waals surface area contributed by atoms with E-state index < -0.39 is 0 Å². The van der Waals surface area contributed by atoms with E-state index in [4.69, 9.17) is 5.73 Å². The van der Waals surface area contributed by atoms with Crippen LogP contribution < -0.4 is 5.73 Å². The van der Waals surface area contributed by atoms with Gasteiger partial charge in [0.15, 0.2) is 0 Å². The molecule has 0 radical (unpaired) electrons. The first-order chi connectivity index (χ1) is 8.16. The molecule has 1 aromatic rings. The predicted octanol–water partition coefficient (Wildman–Crippen LogP) is 1.40. The van der Waals surface area contributed by atoms with Crippen LogP contribution in [0.1, 0.15) is 31.7 Å². The third-order valence-electron chi connectivity index (χ3n) is 3.41. The Morgan fingerprint density at radius 1 is 1.65 bits per heavy atom. The fourth-order valence-corrected chi connectivity index (χ4v) is 2.57. The smallest absolute Gasteiger partial charge is 0.127 e. The average molecular weight is 235 g/mol. The molecule has 2 rings (SSSR count). The Balaban J connectivity index is 2.00. The summed E-state index contributed by atoms with van der Waals surface area (Å²) in [5, 5.41) is 9.49. The highest BCUT2D eigenvalue weighted by atomic mass is 16.3. The van der Waals surface area contributed by atoms with Gasteiger partial charge in [0, 0.05) is 24.3 Å². The highest BCUT2D eigenvalue weighted by Crippen LogP contribution is 2.24. The molecule has 0 aromatic carbocycles. The van der Waals surface area contributed by atoms with Crippen LogP contribution in [0.4, 0.5) is 5.82 Å². The molecule has 2 heterocycles. The molecule has 1 aromatic heterocycles. The Hall–Kier alpha value is -1.13. The molecule has 1 aliphatic heterocycles. The highest BCUT2D eigenvalue weighted by Gasteiger charge is 2.25. The van der Waals surface area contributed by atoms with Gasteiger partial charge in [0.1, 0.15) is 5.82 Å². The van der Waals surface area contributed by atoms with Crippen LogP contribution in [0, 0.1) is 0 Å². The minimum atomic E-state index is -0.230. The summed E-state index contributed by atoms with van der Waals surface area (Å²) in [4.78, 5) is 6.51. The van der Waals surface area contributed by atoms with Gasteiger partial charge in [0.05, 0.1) is 6.10 Å². The molecule has 0 aliphatic carbocycles. The topological polar surface area (TPSA) is 62.4 Å². The van der Waals surface area contributed by atoms with E-state index in [2.05, 4.69) is 9.88 Å². The van der Waals surface area contributed by atoms with Crippen molar-refractivity contribution in [1.82, 2.24) is 9.88 Å². The van der Waals surface area contributed by atoms with E-state index in [-0.39, 0.29) is 6.10 Å². The normalized spacial score (nSPS) is 22.8. The fraction of sp³-hybridized carbons (Fsp3) is 0.615. The maximum atomic E-state index is 9.49. The van der Waals surface area contributed by atoms with Gasteiger partial charge in [-0.1, -0.05) is 6.07 Å². The van der Waals surface area contributed by atoms with Crippen molar-refractivity contribution in [2.75, 3.05) is 12.3 Å². The number of aliphatic hydroxyl groups excluding tert-OH is 1. The first-order valence-electron chi connectivity index (χ1n) is 6.28. The van der Waals surface area contributed by atoms with Gasteiger partial charge < -0.3 is 10.8 Å². The Morgan fingerprint density at radius 3 is 3.18 bits per heavy atom. The standard InChI is InChI=1S/C13H21N3O/c1-10(17)8-12-5-3-7-16(12)9-11-4-2-6-15-13(11)14/h2,4,6,10,12,17H,3,5,7-9H2,1H3,(H2,14,15). The van der Waals surface area contributed by atoms with Gasteiger partial charge in [-0.15, -0.1) is 0 Å². The van der Waals surface area contributed by atoms with Crippen molar-refractivity contribution in [3.63, 3.8) is 0 Å². The summed E-state index contributed by atoms with van der Waals surface area (Å²) in [6, 6.07) is 4.43. The first kappa shape index (κ1) is 12.3. The Bertz CT molecular complexity index is 367. The van der Waals surface area contributed by atoms with E-state index in [1.54, 1.807) is 6.20 Å². The minimum absolute atomic E-state index is 0.230. The van der Waals surface area contributed by atoms with Crippen molar-refractivity contribution >= 4 is 5.82 Å². The zero-order valence-electron chi connectivity index (χ0n) is 10.3. The van der Waals surface area contributed by atoms with Crippen LogP contribution in [-0.4, -0.2) is 33.7 Å². The third-order valence-corrected chi connectivity index (χ3v) is 3.41. The van der Waals surface area contributed by atoms with Gasteiger partial charge in [-0.25, -0.2) is 4.98 Å². The van der Waals surface area contributed by atoms with Gasteiger partial charge in [0.2, 0.25) is 0 Å². The van der Waals surface area contributed by atoms with E-state index in [0.717, 1.165) is 25.1 Å². The number of likely N-dealkylation sites (tertiary alicyclic amines) is 1. The summed E-state index contributed by atoms with van der Waals surface area (Å²) in [5.41, 5.74) is 6.95. The second-order valence-electron chi connectivity index (χ2n) is 4.90. The molecular weight excluding hydrogens is 214 g/mol. The second-order valence-corrected chi connectivity index (χ2v) is 4.90. The van der Waals surface area contributed by atoms with Crippen LogP contribution in [0.3, 0.4) is 0 Å². The lowest BCUT2D eigenvalue weighted by molar-refractivity contribution is 0.131. The Morgan fingerprint density at radius 2 is 2.47 bits per heavy atom. The van der Waals surface area contributed by atoms with Crippen molar-refractivity contribution in [2.45, 2.75) is 44.9 Å². The predicted molar refractivity (Wildman–Crippen MR) is 68.4 cm³/mol. The number of aliphatic hydroxyl groups is 1. The van der Waals surface area contributed by atoms with E-state index in [1.165, 1.54) is 12.8 Å². The van der Waals surface area contributed by atoms with E-state index in [1.807, 2.05) is 19.1 Å². The lowest BCUT2D eigenvalue weighted by Gasteiger charge is -2.25. The summed E-state index contributed by atoms with van der Waals surface area (Å²) < 4.78 is 0. The lowest BCUT2D eigenvalue weighted by atomic mass is 10.1. The molecule has 0 bridgehead atoms. The molecular formula is C13H21N3O. The van der Waals surface area contributed by atoms with Crippen molar-refractivity contribution < 1.29 is 5.11 Å².